The van der Waals surface area contributed by atoms with Crippen molar-refractivity contribution in [3.05, 3.63) is 24.3 Å². The lowest BCUT2D eigenvalue weighted by Gasteiger charge is -2.26. The van der Waals surface area contributed by atoms with Crippen molar-refractivity contribution in [2.45, 2.75) is 399 Å². The van der Waals surface area contributed by atoms with Crippen molar-refractivity contribution >= 4 is 17.9 Å². The Balaban J connectivity index is 3.95. The molecule has 502 valence electrons. The van der Waals surface area contributed by atoms with Crippen molar-refractivity contribution in [2.75, 3.05) is 47.5 Å². The molecule has 0 amide bonds. The van der Waals surface area contributed by atoms with Gasteiger partial charge >= 0.3 is 11.9 Å². The maximum atomic E-state index is 12.9. The van der Waals surface area contributed by atoms with Crippen molar-refractivity contribution in [1.29, 1.82) is 0 Å². The number of aliphatic carboxylic acids is 1. The van der Waals surface area contributed by atoms with Gasteiger partial charge in [-0.2, -0.15) is 0 Å². The molecule has 0 saturated heterocycles. The highest BCUT2D eigenvalue weighted by atomic mass is 16.7. The zero-order valence-electron chi connectivity index (χ0n) is 57.5. The lowest BCUT2D eigenvalue weighted by atomic mass is 10.0. The summed E-state index contributed by atoms with van der Waals surface area (Å²) in [4.78, 5) is 37.5. The third kappa shape index (κ3) is 69.1. The largest absolute Gasteiger partial charge is 0.545 e. The van der Waals surface area contributed by atoms with E-state index < -0.39 is 24.3 Å². The Morgan fingerprint density at radius 1 is 0.341 bits per heavy atom. The predicted octanol–water partition coefficient (Wildman–Crippen LogP) is 22.0. The number of carboxylic acids is 1. The van der Waals surface area contributed by atoms with Crippen LogP contribution in [-0.2, 0) is 33.3 Å². The van der Waals surface area contributed by atoms with Gasteiger partial charge in [0.2, 0.25) is 0 Å². The van der Waals surface area contributed by atoms with Crippen LogP contribution in [0.3, 0.4) is 0 Å². The first-order chi connectivity index (χ1) is 41.6. The summed E-state index contributed by atoms with van der Waals surface area (Å²) < 4.78 is 22.8. The Hall–Kier alpha value is -2.23. The van der Waals surface area contributed by atoms with Gasteiger partial charge in [0.1, 0.15) is 13.2 Å². The standard InChI is InChI=1S/C76H145NO8/c1-6-8-10-12-14-16-18-20-22-24-26-28-29-30-31-32-33-34-35-36-37-38-39-40-41-42-43-44-45-47-49-51-53-55-57-59-61-63-65-67-74(79)85-72(71-84-76(75(80)81)82-69-68-77(3,4)5)70-83-73(78)66-64-62-60-58-56-54-52-50-48-46-27-25-23-21-19-17-15-13-11-9-7-2/h24-27,72,76H,6-23,28-71H2,1-5H3/b26-24-,27-25-. The zero-order chi connectivity index (χ0) is 61.9. The third-order valence-corrected chi connectivity index (χ3v) is 17.2. The minimum Gasteiger partial charge on any atom is -0.545 e. The van der Waals surface area contributed by atoms with E-state index >= 15 is 0 Å². The van der Waals surface area contributed by atoms with Crippen LogP contribution in [0.25, 0.3) is 0 Å². The summed E-state index contributed by atoms with van der Waals surface area (Å²) in [5, 5.41) is 11.8. The molecule has 0 spiro atoms. The highest BCUT2D eigenvalue weighted by Gasteiger charge is 2.22. The van der Waals surface area contributed by atoms with E-state index in [9.17, 15) is 19.5 Å². The summed E-state index contributed by atoms with van der Waals surface area (Å²) in [6, 6.07) is 0. The highest BCUT2D eigenvalue weighted by molar-refractivity contribution is 5.70. The van der Waals surface area contributed by atoms with E-state index in [2.05, 4.69) is 38.2 Å². The van der Waals surface area contributed by atoms with Gasteiger partial charge in [-0.25, -0.2) is 0 Å². The van der Waals surface area contributed by atoms with Gasteiger partial charge in [-0.1, -0.05) is 334 Å². The molecule has 2 atom stereocenters. The molecule has 9 nitrogen and oxygen atoms in total. The predicted molar refractivity (Wildman–Crippen MR) is 362 cm³/mol. The summed E-state index contributed by atoms with van der Waals surface area (Å²) in [6.45, 7) is 4.82. The molecule has 0 N–H and O–H groups in total. The molecular weight excluding hydrogens is 1050 g/mol. The van der Waals surface area contributed by atoms with Gasteiger partial charge in [-0.15, -0.1) is 0 Å². The van der Waals surface area contributed by atoms with Gasteiger partial charge in [0.25, 0.3) is 0 Å². The molecule has 0 aromatic heterocycles. The average molecular weight is 1200 g/mol. The van der Waals surface area contributed by atoms with Crippen LogP contribution in [0.1, 0.15) is 386 Å². The molecule has 0 aromatic carbocycles. The van der Waals surface area contributed by atoms with Crippen molar-refractivity contribution in [2.24, 2.45) is 0 Å². The van der Waals surface area contributed by atoms with Crippen molar-refractivity contribution in [3.8, 4) is 0 Å². The molecule has 0 aromatic rings. The highest BCUT2D eigenvalue weighted by Crippen LogP contribution is 2.19. The van der Waals surface area contributed by atoms with Gasteiger partial charge in [-0.3, -0.25) is 9.59 Å². The molecular formula is C76H145NO8. The van der Waals surface area contributed by atoms with Crippen molar-refractivity contribution in [3.63, 3.8) is 0 Å². The molecule has 0 saturated carbocycles. The van der Waals surface area contributed by atoms with Gasteiger partial charge in [0, 0.05) is 12.8 Å². The SMILES string of the molecule is CCCCCCCCCC/C=C\CCCCCCCCCCCCCCCCCCCCCCCCCCCCCC(=O)OC(COC(=O)CCCCCCCCCCC/C=C\CCCCCCCCCC)COC(OCC[N+](C)(C)C)C(=O)[O-]. The van der Waals surface area contributed by atoms with E-state index in [1.807, 2.05) is 21.1 Å². The molecule has 0 aliphatic rings. The minimum absolute atomic E-state index is 0.151. The Morgan fingerprint density at radius 3 is 0.871 bits per heavy atom. The van der Waals surface area contributed by atoms with E-state index in [1.54, 1.807) is 0 Å². The zero-order valence-corrected chi connectivity index (χ0v) is 57.5. The number of allylic oxidation sites excluding steroid dienone is 4. The topological polar surface area (TPSA) is 111 Å². The molecule has 2 unspecified atom stereocenters. The molecule has 0 rings (SSSR count). The molecule has 0 bridgehead atoms. The molecule has 0 radical (unpaired) electrons. The van der Waals surface area contributed by atoms with E-state index in [0.717, 1.165) is 38.5 Å². The van der Waals surface area contributed by atoms with Crippen LogP contribution < -0.4 is 5.11 Å². The Labute approximate surface area is 528 Å². The third-order valence-electron chi connectivity index (χ3n) is 17.2. The maximum Gasteiger partial charge on any atom is 0.306 e. The summed E-state index contributed by atoms with van der Waals surface area (Å²) >= 11 is 0. The average Bonchev–Trinajstić information content (AvgIpc) is 3.49. The smallest absolute Gasteiger partial charge is 0.306 e. The van der Waals surface area contributed by atoms with Crippen LogP contribution in [0, 0.1) is 0 Å². The fourth-order valence-corrected chi connectivity index (χ4v) is 11.4. The second kappa shape index (κ2) is 67.7. The van der Waals surface area contributed by atoms with Crippen LogP contribution in [0.15, 0.2) is 24.3 Å². The lowest BCUT2D eigenvalue weighted by molar-refractivity contribution is -0.870. The van der Waals surface area contributed by atoms with Crippen LogP contribution >= 0.6 is 0 Å². The summed E-state index contributed by atoms with van der Waals surface area (Å²) in [6.07, 6.45) is 81.5. The van der Waals surface area contributed by atoms with Crippen LogP contribution in [0.4, 0.5) is 0 Å². The Bertz CT molecular complexity index is 1440. The monoisotopic (exact) mass is 1200 g/mol. The summed E-state index contributed by atoms with van der Waals surface area (Å²) in [5.74, 6) is -2.26. The number of quaternary nitrogens is 1. The second-order valence-electron chi connectivity index (χ2n) is 26.9. The fraction of sp³-hybridized carbons (Fsp3) is 0.908. The number of ether oxygens (including phenoxy) is 4. The second-order valence-corrected chi connectivity index (χ2v) is 26.9. The van der Waals surface area contributed by atoms with Crippen molar-refractivity contribution < 1.29 is 42.9 Å². The first kappa shape index (κ1) is 82.8. The Morgan fingerprint density at radius 2 is 0.600 bits per heavy atom. The number of carbonyl (C=O) groups excluding carboxylic acids is 3. The van der Waals surface area contributed by atoms with Gasteiger partial charge in [0.15, 0.2) is 12.4 Å². The van der Waals surface area contributed by atoms with E-state index in [0.29, 0.717) is 17.4 Å². The number of hydrogen-bond donors (Lipinski definition) is 0. The number of carboxylic acid groups (broad SMARTS) is 1. The number of nitrogens with zero attached hydrogens (tertiary/aromatic N) is 1. The number of rotatable bonds is 71. The summed E-state index contributed by atoms with van der Waals surface area (Å²) in [7, 11) is 5.94. The van der Waals surface area contributed by atoms with E-state index in [4.69, 9.17) is 18.9 Å². The molecule has 0 heterocycles. The number of carbonyl (C=O) groups is 3. The molecule has 0 aliphatic heterocycles. The molecule has 9 heteroatoms. The van der Waals surface area contributed by atoms with Crippen LogP contribution in [0.2, 0.25) is 0 Å². The van der Waals surface area contributed by atoms with Crippen LogP contribution in [0.5, 0.6) is 0 Å². The van der Waals surface area contributed by atoms with Crippen molar-refractivity contribution in [1.82, 2.24) is 0 Å². The van der Waals surface area contributed by atoms with E-state index in [-0.39, 0.29) is 32.2 Å². The minimum atomic E-state index is -1.62. The number of unbranched alkanes of at least 4 members (excludes halogenated alkanes) is 52. The quantitative estimate of drug-likeness (QED) is 0.0195. The fourth-order valence-electron chi connectivity index (χ4n) is 11.4. The van der Waals surface area contributed by atoms with Gasteiger partial charge < -0.3 is 33.3 Å². The molecule has 0 fully saturated rings. The normalized spacial score (nSPS) is 12.7. The maximum absolute atomic E-state index is 12.9. The van der Waals surface area contributed by atoms with E-state index in [1.165, 1.54) is 321 Å². The van der Waals surface area contributed by atoms with Gasteiger partial charge in [-0.05, 0) is 64.2 Å². The van der Waals surface area contributed by atoms with Crippen LogP contribution in [-0.4, -0.2) is 82.3 Å². The summed E-state index contributed by atoms with van der Waals surface area (Å²) in [5.41, 5.74) is 0. The Kier molecular flexibility index (Phi) is 65.9. The number of hydrogen-bond acceptors (Lipinski definition) is 8. The lowest BCUT2D eigenvalue weighted by Crippen LogP contribution is -2.44. The number of esters is 2. The molecule has 85 heavy (non-hydrogen) atoms. The first-order valence-corrected chi connectivity index (χ1v) is 37.5. The van der Waals surface area contributed by atoms with Gasteiger partial charge in [0.05, 0.1) is 40.3 Å². The first-order valence-electron chi connectivity index (χ1n) is 37.5. The molecule has 0 aliphatic carbocycles. The number of likely N-dealkylation sites (N-methyl/N-ethyl adjacent to an activating group) is 1.